The Labute approximate surface area is 136 Å². The van der Waals surface area contributed by atoms with Gasteiger partial charge in [0.25, 0.3) is 6.43 Å². The number of benzene rings is 1. The molecule has 128 valence electrons. The first-order valence-corrected chi connectivity index (χ1v) is 7.30. The summed E-state index contributed by atoms with van der Waals surface area (Å²) in [5, 5.41) is 17.2. The first kappa shape index (κ1) is 16.3. The lowest BCUT2D eigenvalue weighted by atomic mass is 10.1. The summed E-state index contributed by atoms with van der Waals surface area (Å²) in [6.45, 7) is 0.361. The lowest BCUT2D eigenvalue weighted by Crippen LogP contribution is -2.38. The van der Waals surface area contributed by atoms with Crippen molar-refractivity contribution in [2.75, 3.05) is 13.7 Å². The maximum atomic E-state index is 13.1. The second-order valence-electron chi connectivity index (χ2n) is 5.47. The molecule has 0 bridgehead atoms. The van der Waals surface area contributed by atoms with Gasteiger partial charge in [0.15, 0.2) is 0 Å². The van der Waals surface area contributed by atoms with Crippen LogP contribution in [0.5, 0.6) is 0 Å². The lowest BCUT2D eigenvalue weighted by Gasteiger charge is -2.29. The van der Waals surface area contributed by atoms with E-state index in [2.05, 4.69) is 10.3 Å². The van der Waals surface area contributed by atoms with Gasteiger partial charge in [-0.15, -0.1) is 5.10 Å². The highest BCUT2D eigenvalue weighted by atomic mass is 19.3. The summed E-state index contributed by atoms with van der Waals surface area (Å²) < 4.78 is 33.1. The second kappa shape index (κ2) is 6.52. The van der Waals surface area contributed by atoms with Crippen LogP contribution in [0.3, 0.4) is 0 Å². The van der Waals surface area contributed by atoms with E-state index < -0.39 is 18.6 Å². The summed E-state index contributed by atoms with van der Waals surface area (Å²) in [7, 11) is 1.46. The van der Waals surface area contributed by atoms with Crippen LogP contribution >= 0.6 is 0 Å². The van der Waals surface area contributed by atoms with Crippen LogP contribution in [0.2, 0.25) is 0 Å². The van der Waals surface area contributed by atoms with E-state index in [9.17, 15) is 13.6 Å². The molecular weight excluding hydrogens is 322 g/mol. The van der Waals surface area contributed by atoms with Gasteiger partial charge in [0.1, 0.15) is 11.8 Å². The molecule has 24 heavy (non-hydrogen) atoms. The van der Waals surface area contributed by atoms with E-state index in [1.807, 2.05) is 0 Å². The third-order valence-corrected chi connectivity index (χ3v) is 4.04. The number of amides is 1. The molecule has 1 aliphatic rings. The summed E-state index contributed by atoms with van der Waals surface area (Å²) in [6.07, 6.45) is -4.19. The highest BCUT2D eigenvalue weighted by molar-refractivity contribution is 5.65. The number of ether oxygens (including phenoxy) is 1. The Balaban J connectivity index is 1.94. The molecule has 1 N–H and O–H groups in total. The number of fused-ring (bicyclic) bond motifs is 1. The zero-order chi connectivity index (χ0) is 17.3. The van der Waals surface area contributed by atoms with Crippen LogP contribution in [0, 0.1) is 0 Å². The van der Waals surface area contributed by atoms with E-state index in [1.165, 1.54) is 22.8 Å². The molecule has 0 aliphatic carbocycles. The molecule has 0 radical (unpaired) electrons. The molecule has 9 heteroatoms. The second-order valence-corrected chi connectivity index (χ2v) is 5.47. The molecule has 1 unspecified atom stereocenters. The number of aromatic nitrogens is 3. The predicted octanol–water partition coefficient (Wildman–Crippen LogP) is 2.45. The van der Waals surface area contributed by atoms with E-state index >= 15 is 0 Å². The highest BCUT2D eigenvalue weighted by Crippen LogP contribution is 2.29. The highest BCUT2D eigenvalue weighted by Gasteiger charge is 2.33. The minimum Gasteiger partial charge on any atom is -0.465 e. The quantitative estimate of drug-likeness (QED) is 0.926. The van der Waals surface area contributed by atoms with Crippen LogP contribution in [0.4, 0.5) is 13.6 Å². The average molecular weight is 338 g/mol. The molecule has 0 saturated carbocycles. The number of alkyl halides is 2. The maximum absolute atomic E-state index is 13.1. The molecule has 1 amide bonds. The standard InChI is InChI=1S/C15H16F2N4O3/c1-24-12-8-20(15(22)23)7-11-13(12)21(19-18-11)6-9-4-2-3-5-10(9)14(16)17/h2-5,12,14H,6-8H2,1H3,(H,22,23). The summed E-state index contributed by atoms with van der Waals surface area (Å²) in [5.74, 6) is 0. The van der Waals surface area contributed by atoms with Crippen molar-refractivity contribution in [2.24, 2.45) is 0 Å². The van der Waals surface area contributed by atoms with E-state index in [1.54, 1.807) is 18.2 Å². The predicted molar refractivity (Wildman–Crippen MR) is 78.7 cm³/mol. The number of hydrogen-bond donors (Lipinski definition) is 1. The summed E-state index contributed by atoms with van der Waals surface area (Å²) in [5.41, 5.74) is 1.48. The first-order chi connectivity index (χ1) is 11.5. The smallest absolute Gasteiger partial charge is 0.407 e. The van der Waals surface area contributed by atoms with Gasteiger partial charge >= 0.3 is 6.09 Å². The minimum atomic E-state index is -2.58. The van der Waals surface area contributed by atoms with E-state index in [-0.39, 0.29) is 25.2 Å². The van der Waals surface area contributed by atoms with Crippen molar-refractivity contribution < 1.29 is 23.4 Å². The summed E-state index contributed by atoms with van der Waals surface area (Å²) in [6, 6.07) is 6.24. The average Bonchev–Trinajstić information content (AvgIpc) is 2.97. The normalized spacial score (nSPS) is 17.2. The van der Waals surface area contributed by atoms with Gasteiger partial charge in [0.05, 0.1) is 25.3 Å². The Bertz CT molecular complexity index is 750. The molecule has 1 atom stereocenters. The van der Waals surface area contributed by atoms with Crippen molar-refractivity contribution in [2.45, 2.75) is 25.6 Å². The van der Waals surface area contributed by atoms with Gasteiger partial charge < -0.3 is 9.84 Å². The Morgan fingerprint density at radius 3 is 2.88 bits per heavy atom. The van der Waals surface area contributed by atoms with Crippen molar-refractivity contribution in [1.82, 2.24) is 19.9 Å². The van der Waals surface area contributed by atoms with Crippen LogP contribution in [-0.4, -0.2) is 44.7 Å². The molecule has 1 aromatic carbocycles. The van der Waals surface area contributed by atoms with Gasteiger partial charge in [0, 0.05) is 12.7 Å². The van der Waals surface area contributed by atoms with Gasteiger partial charge in [-0.2, -0.15) is 0 Å². The third kappa shape index (κ3) is 2.94. The fraction of sp³-hybridized carbons (Fsp3) is 0.400. The largest absolute Gasteiger partial charge is 0.465 e. The van der Waals surface area contributed by atoms with Crippen LogP contribution in [0.25, 0.3) is 0 Å². The molecular formula is C15H16F2N4O3. The Hall–Kier alpha value is -2.55. The van der Waals surface area contributed by atoms with Crippen molar-refractivity contribution in [3.8, 4) is 0 Å². The van der Waals surface area contributed by atoms with E-state index in [4.69, 9.17) is 9.84 Å². The van der Waals surface area contributed by atoms with Crippen molar-refractivity contribution in [1.29, 1.82) is 0 Å². The van der Waals surface area contributed by atoms with Gasteiger partial charge in [0.2, 0.25) is 0 Å². The topological polar surface area (TPSA) is 80.5 Å². The van der Waals surface area contributed by atoms with Crippen LogP contribution in [0.15, 0.2) is 24.3 Å². The molecule has 0 spiro atoms. The first-order valence-electron chi connectivity index (χ1n) is 7.30. The molecule has 2 heterocycles. The SMILES string of the molecule is COC1CN(C(=O)O)Cc2nnn(Cc3ccccc3C(F)F)c21. The van der Waals surface area contributed by atoms with Gasteiger partial charge in [-0.1, -0.05) is 29.5 Å². The monoisotopic (exact) mass is 338 g/mol. The zero-order valence-electron chi connectivity index (χ0n) is 12.9. The number of methoxy groups -OCH3 is 1. The van der Waals surface area contributed by atoms with Crippen LogP contribution in [0.1, 0.15) is 35.0 Å². The van der Waals surface area contributed by atoms with Gasteiger partial charge in [-0.25, -0.2) is 18.3 Å². The Morgan fingerprint density at radius 1 is 1.46 bits per heavy atom. The van der Waals surface area contributed by atoms with E-state index in [0.29, 0.717) is 17.0 Å². The summed E-state index contributed by atoms with van der Waals surface area (Å²) in [4.78, 5) is 12.4. The lowest BCUT2D eigenvalue weighted by molar-refractivity contribution is 0.0421. The zero-order valence-corrected chi connectivity index (χ0v) is 12.9. The number of carboxylic acid groups (broad SMARTS) is 1. The molecule has 0 fully saturated rings. The van der Waals surface area contributed by atoms with Crippen molar-refractivity contribution in [3.63, 3.8) is 0 Å². The maximum Gasteiger partial charge on any atom is 0.407 e. The van der Waals surface area contributed by atoms with Crippen molar-refractivity contribution >= 4 is 6.09 Å². The van der Waals surface area contributed by atoms with E-state index in [0.717, 1.165) is 0 Å². The minimum absolute atomic E-state index is 0.0568. The fourth-order valence-electron chi connectivity index (χ4n) is 2.85. The molecule has 7 nitrogen and oxygen atoms in total. The molecule has 0 saturated heterocycles. The number of nitrogens with zero attached hydrogens (tertiary/aromatic N) is 4. The van der Waals surface area contributed by atoms with Gasteiger partial charge in [-0.05, 0) is 5.56 Å². The molecule has 2 aromatic rings. The van der Waals surface area contributed by atoms with Crippen molar-refractivity contribution in [3.05, 3.63) is 46.8 Å². The Morgan fingerprint density at radius 2 is 2.21 bits per heavy atom. The number of carbonyl (C=O) groups is 1. The fourth-order valence-corrected chi connectivity index (χ4v) is 2.85. The number of halogens is 2. The Kier molecular flexibility index (Phi) is 4.43. The van der Waals surface area contributed by atoms with Crippen LogP contribution in [-0.2, 0) is 17.8 Å². The summed E-state index contributed by atoms with van der Waals surface area (Å²) >= 11 is 0. The number of rotatable bonds is 4. The third-order valence-electron chi connectivity index (χ3n) is 4.04. The number of hydrogen-bond acceptors (Lipinski definition) is 4. The van der Waals surface area contributed by atoms with Crippen LogP contribution < -0.4 is 0 Å². The molecule has 1 aromatic heterocycles. The van der Waals surface area contributed by atoms with Gasteiger partial charge in [-0.3, -0.25) is 4.90 Å². The molecule has 3 rings (SSSR count). The molecule has 1 aliphatic heterocycles.